The van der Waals surface area contributed by atoms with Gasteiger partial charge in [-0.05, 0) is 44.4 Å². The molecule has 2 nitrogen and oxygen atoms in total. The fraction of sp³-hybridized carbons (Fsp3) is 0.267. The summed E-state index contributed by atoms with van der Waals surface area (Å²) in [5, 5.41) is 1.20. The minimum absolute atomic E-state index is 0.306. The normalized spacial score (nSPS) is 12.2. The third kappa shape index (κ3) is 3.44. The van der Waals surface area contributed by atoms with Gasteiger partial charge in [-0.3, -0.25) is 0 Å². The Morgan fingerprint density at radius 2 is 2.00 bits per heavy atom. The van der Waals surface area contributed by atoms with Crippen molar-refractivity contribution in [1.82, 2.24) is 0 Å². The second-order valence-electron chi connectivity index (χ2n) is 5.05. The summed E-state index contributed by atoms with van der Waals surface area (Å²) in [6, 6.07) is 10.2. The molecule has 1 heterocycles. The summed E-state index contributed by atoms with van der Waals surface area (Å²) in [7, 11) is 0. The Labute approximate surface area is 111 Å². The van der Waals surface area contributed by atoms with E-state index in [0.717, 1.165) is 4.88 Å². The Kier molecular flexibility index (Phi) is 3.53. The number of hydrogen-bond donors (Lipinski definition) is 0. The Morgan fingerprint density at radius 1 is 1.28 bits per heavy atom. The minimum Gasteiger partial charge on any atom is -0.457 e. The number of carbonyl (C=O) groups excluding carboxylic acids is 1. The number of hydrogen-bond acceptors (Lipinski definition) is 3. The van der Waals surface area contributed by atoms with E-state index in [4.69, 9.17) is 4.74 Å². The Hall–Kier alpha value is -1.61. The SMILES string of the molecule is CC(C)(C)OC(=O)/C=C/c1cc2ccccc2s1. The maximum atomic E-state index is 11.5. The second-order valence-corrected chi connectivity index (χ2v) is 6.17. The maximum Gasteiger partial charge on any atom is 0.331 e. The lowest BCUT2D eigenvalue weighted by Crippen LogP contribution is -2.22. The highest BCUT2D eigenvalue weighted by atomic mass is 32.1. The monoisotopic (exact) mass is 260 g/mol. The number of esters is 1. The van der Waals surface area contributed by atoms with E-state index in [1.54, 1.807) is 17.4 Å². The molecule has 94 valence electrons. The molecule has 0 amide bonds. The van der Waals surface area contributed by atoms with Crippen LogP contribution in [0.2, 0.25) is 0 Å². The topological polar surface area (TPSA) is 26.3 Å². The van der Waals surface area contributed by atoms with Gasteiger partial charge in [0.15, 0.2) is 0 Å². The molecule has 0 bridgehead atoms. The fourth-order valence-electron chi connectivity index (χ4n) is 1.57. The van der Waals surface area contributed by atoms with Gasteiger partial charge in [-0.2, -0.15) is 0 Å². The molecule has 1 aromatic carbocycles. The summed E-state index contributed by atoms with van der Waals surface area (Å²) in [5.41, 5.74) is -0.443. The van der Waals surface area contributed by atoms with Crippen LogP contribution >= 0.6 is 11.3 Å². The van der Waals surface area contributed by atoms with E-state index < -0.39 is 5.60 Å². The zero-order valence-electron chi connectivity index (χ0n) is 10.8. The first-order valence-electron chi connectivity index (χ1n) is 5.84. The average molecular weight is 260 g/mol. The van der Waals surface area contributed by atoms with Crippen LogP contribution in [0.3, 0.4) is 0 Å². The molecular formula is C15H16O2S. The van der Waals surface area contributed by atoms with Crippen molar-refractivity contribution in [3.8, 4) is 0 Å². The highest BCUT2D eigenvalue weighted by Crippen LogP contribution is 2.26. The number of thiophene rings is 1. The fourth-order valence-corrected chi connectivity index (χ4v) is 2.54. The van der Waals surface area contributed by atoms with E-state index in [1.165, 1.54) is 16.2 Å². The summed E-state index contributed by atoms with van der Waals surface area (Å²) < 4.78 is 6.44. The van der Waals surface area contributed by atoms with Crippen molar-refractivity contribution >= 4 is 33.5 Å². The summed E-state index contributed by atoms with van der Waals surface area (Å²) >= 11 is 1.66. The summed E-state index contributed by atoms with van der Waals surface area (Å²) in [6.07, 6.45) is 3.29. The molecule has 0 spiro atoms. The van der Waals surface area contributed by atoms with Gasteiger partial charge in [0.2, 0.25) is 0 Å². The first-order valence-corrected chi connectivity index (χ1v) is 6.65. The predicted octanol–water partition coefficient (Wildman–Crippen LogP) is 4.26. The van der Waals surface area contributed by atoms with Crippen LogP contribution in [-0.2, 0) is 9.53 Å². The highest BCUT2D eigenvalue weighted by molar-refractivity contribution is 7.19. The first-order chi connectivity index (χ1) is 8.44. The quantitative estimate of drug-likeness (QED) is 0.596. The zero-order valence-corrected chi connectivity index (χ0v) is 11.6. The Morgan fingerprint density at radius 3 is 2.67 bits per heavy atom. The van der Waals surface area contributed by atoms with Crippen LogP contribution in [0, 0.1) is 0 Å². The van der Waals surface area contributed by atoms with Crippen molar-refractivity contribution in [2.75, 3.05) is 0 Å². The molecule has 0 atom stereocenters. The summed E-state index contributed by atoms with van der Waals surface area (Å²) in [6.45, 7) is 5.58. The molecule has 0 aliphatic carbocycles. The molecule has 0 unspecified atom stereocenters. The predicted molar refractivity (Wildman–Crippen MR) is 76.7 cm³/mol. The molecule has 0 N–H and O–H groups in total. The van der Waals surface area contributed by atoms with Crippen LogP contribution in [0.25, 0.3) is 16.2 Å². The molecular weight excluding hydrogens is 244 g/mol. The molecule has 0 aliphatic rings. The summed E-state index contributed by atoms with van der Waals surface area (Å²) in [5.74, 6) is -0.306. The number of fused-ring (bicyclic) bond motifs is 1. The van der Waals surface area contributed by atoms with E-state index in [1.807, 2.05) is 32.9 Å². The van der Waals surface area contributed by atoms with Crippen molar-refractivity contribution in [2.24, 2.45) is 0 Å². The van der Waals surface area contributed by atoms with Crippen LogP contribution in [0.4, 0.5) is 0 Å². The lowest BCUT2D eigenvalue weighted by molar-refractivity contribution is -0.148. The largest absolute Gasteiger partial charge is 0.457 e. The molecule has 3 heteroatoms. The molecule has 0 radical (unpaired) electrons. The Bertz CT molecular complexity index is 555. The molecule has 0 fully saturated rings. The number of carbonyl (C=O) groups is 1. The van der Waals surface area contributed by atoms with Gasteiger partial charge in [0.25, 0.3) is 0 Å². The molecule has 0 saturated carbocycles. The molecule has 2 aromatic rings. The van der Waals surface area contributed by atoms with Gasteiger partial charge in [0.1, 0.15) is 5.60 Å². The molecule has 2 rings (SSSR count). The zero-order chi connectivity index (χ0) is 13.2. The van der Waals surface area contributed by atoms with Crippen molar-refractivity contribution in [1.29, 1.82) is 0 Å². The van der Waals surface area contributed by atoms with Gasteiger partial charge < -0.3 is 4.74 Å². The van der Waals surface area contributed by atoms with Crippen LogP contribution in [0.15, 0.2) is 36.4 Å². The van der Waals surface area contributed by atoms with Gasteiger partial charge >= 0.3 is 5.97 Å². The van der Waals surface area contributed by atoms with Crippen molar-refractivity contribution < 1.29 is 9.53 Å². The van der Waals surface area contributed by atoms with E-state index >= 15 is 0 Å². The van der Waals surface area contributed by atoms with Crippen LogP contribution in [0.1, 0.15) is 25.6 Å². The number of rotatable bonds is 2. The van der Waals surface area contributed by atoms with E-state index in [9.17, 15) is 4.79 Å². The highest BCUT2D eigenvalue weighted by Gasteiger charge is 2.13. The maximum absolute atomic E-state index is 11.5. The van der Waals surface area contributed by atoms with Crippen molar-refractivity contribution in [3.63, 3.8) is 0 Å². The van der Waals surface area contributed by atoms with Crippen molar-refractivity contribution in [2.45, 2.75) is 26.4 Å². The van der Waals surface area contributed by atoms with E-state index in [2.05, 4.69) is 18.2 Å². The first kappa shape index (κ1) is 12.8. The van der Waals surface area contributed by atoms with Gasteiger partial charge in [0.05, 0.1) is 0 Å². The molecule has 0 saturated heterocycles. The van der Waals surface area contributed by atoms with Crippen molar-refractivity contribution in [3.05, 3.63) is 41.3 Å². The smallest absolute Gasteiger partial charge is 0.331 e. The lowest BCUT2D eigenvalue weighted by Gasteiger charge is -2.17. The van der Waals surface area contributed by atoms with E-state index in [0.29, 0.717) is 0 Å². The van der Waals surface area contributed by atoms with Crippen LogP contribution < -0.4 is 0 Å². The number of ether oxygens (including phenoxy) is 1. The van der Waals surface area contributed by atoms with Gasteiger partial charge in [-0.15, -0.1) is 11.3 Å². The third-order valence-electron chi connectivity index (χ3n) is 2.24. The van der Waals surface area contributed by atoms with Gasteiger partial charge in [-0.25, -0.2) is 4.79 Å². The standard InChI is InChI=1S/C15H16O2S/c1-15(2,3)17-14(16)9-8-12-10-11-6-4-5-7-13(11)18-12/h4-10H,1-3H3/b9-8+. The van der Waals surface area contributed by atoms with Crippen LogP contribution in [0.5, 0.6) is 0 Å². The third-order valence-corrected chi connectivity index (χ3v) is 3.32. The molecule has 1 aromatic heterocycles. The van der Waals surface area contributed by atoms with Gasteiger partial charge in [-0.1, -0.05) is 18.2 Å². The van der Waals surface area contributed by atoms with E-state index in [-0.39, 0.29) is 5.97 Å². The second kappa shape index (κ2) is 4.94. The minimum atomic E-state index is -0.443. The summed E-state index contributed by atoms with van der Waals surface area (Å²) in [4.78, 5) is 12.6. The van der Waals surface area contributed by atoms with Crippen LogP contribution in [-0.4, -0.2) is 11.6 Å². The molecule has 18 heavy (non-hydrogen) atoms. The van der Waals surface area contributed by atoms with Gasteiger partial charge in [0, 0.05) is 15.7 Å². The number of benzene rings is 1. The molecule has 0 aliphatic heterocycles. The average Bonchev–Trinajstić information content (AvgIpc) is 2.66. The Balaban J connectivity index is 2.11. The lowest BCUT2D eigenvalue weighted by atomic mass is 10.2.